The molecule has 0 radical (unpaired) electrons. The van der Waals surface area contributed by atoms with Gasteiger partial charge in [0.15, 0.2) is 17.5 Å². The molecule has 0 bridgehead atoms. The fourth-order valence-electron chi connectivity index (χ4n) is 6.99. The molecule has 5 heteroatoms. The van der Waals surface area contributed by atoms with Gasteiger partial charge in [-0.3, -0.25) is 0 Å². The molecular weight excluding hydrogens is 701 g/mol. The Labute approximate surface area is 351 Å². The molecule has 8 aromatic carbocycles. The summed E-state index contributed by atoms with van der Waals surface area (Å²) in [6.07, 6.45) is 0. The summed E-state index contributed by atoms with van der Waals surface area (Å²) in [5.41, 5.74) is -0.00129. The van der Waals surface area contributed by atoms with Gasteiger partial charge in [0.25, 0.3) is 0 Å². The zero-order chi connectivity index (χ0) is 51.8. The Bertz CT molecular complexity index is 4190. The van der Waals surface area contributed by atoms with Gasteiger partial charge in [-0.1, -0.05) is 157 Å². The van der Waals surface area contributed by atoms with Crippen LogP contribution < -0.4 is 0 Å². The summed E-state index contributed by atoms with van der Waals surface area (Å²) >= 11 is 1.55. The minimum absolute atomic E-state index is 0.0213. The van der Waals surface area contributed by atoms with Crippen LogP contribution >= 0.6 is 11.3 Å². The van der Waals surface area contributed by atoms with Crippen molar-refractivity contribution >= 4 is 53.3 Å². The Kier molecular flexibility index (Phi) is 4.60. The van der Waals surface area contributed by atoms with E-state index in [2.05, 4.69) is 4.98 Å². The lowest BCUT2D eigenvalue weighted by Crippen LogP contribution is -2.04. The van der Waals surface area contributed by atoms with Crippen molar-refractivity contribution in [1.82, 2.24) is 19.5 Å². The summed E-state index contributed by atoms with van der Waals surface area (Å²) in [6.45, 7) is 0. The van der Waals surface area contributed by atoms with Gasteiger partial charge in [0.2, 0.25) is 0 Å². The lowest BCUT2D eigenvalue weighted by atomic mass is 9.99. The minimum atomic E-state index is -0.754. The minimum Gasteiger partial charge on any atom is -0.308 e. The molecule has 0 saturated heterocycles. The smallest absolute Gasteiger partial charge is 0.166 e. The SMILES string of the molecule is [2H]c1c([2H])c([2H])c(-c2nc(-c3ccccc3)nc(-c3ccc(-c4cccc5c4sc4ccccc45)cc3-n3c4c([2H])c([2H])c([2H])c([2H])c4c4c([2H])c(-c5c([2H])c([2H])c([2H])c([2H])c5[2H])c([2H])c([2H])c43)n2)c([2H])c1[2H]. The third-order valence-electron chi connectivity index (χ3n) is 9.49. The Hall–Kier alpha value is -7.21. The van der Waals surface area contributed by atoms with E-state index < -0.39 is 114 Å². The topological polar surface area (TPSA) is 43.6 Å². The second-order valence-corrected chi connectivity index (χ2v) is 13.8. The standard InChI is InChI=1S/C51H32N4S/c1-4-15-33(16-5-1)36-28-30-45-43(31-36)39-21-10-12-25-44(39)55(45)46-32-37(38-23-14-24-41-40-22-11-13-26-47(40)56-48(38)41)27-29-42(46)51-53-49(34-17-6-2-7-18-34)52-50(54-51)35-19-8-3-9-20-35/h1-32H/i1D,2D,4D,5D,6D,7D,10D,12D,15D,16D,17D,18D,21D,25D,28D,30D,31D. The number of nitrogens with zero attached hydrogens (tertiary/aromatic N) is 4. The predicted octanol–water partition coefficient (Wildman–Crippen LogP) is 13.7. The molecule has 11 rings (SSSR count). The average molecular weight is 750 g/mol. The molecule has 0 aliphatic rings. The number of aromatic nitrogens is 4. The molecule has 0 fully saturated rings. The predicted molar refractivity (Wildman–Crippen MR) is 234 cm³/mol. The second kappa shape index (κ2) is 13.3. The van der Waals surface area contributed by atoms with Gasteiger partial charge in [0.1, 0.15) is 0 Å². The monoisotopic (exact) mass is 749 g/mol. The summed E-state index contributed by atoms with van der Waals surface area (Å²) in [5.74, 6) is -0.429. The fourth-order valence-corrected chi connectivity index (χ4v) is 8.23. The highest BCUT2D eigenvalue weighted by atomic mass is 32.1. The van der Waals surface area contributed by atoms with Crippen molar-refractivity contribution in [2.75, 3.05) is 0 Å². The second-order valence-electron chi connectivity index (χ2n) is 12.7. The van der Waals surface area contributed by atoms with Crippen LogP contribution in [0.3, 0.4) is 0 Å². The molecule has 56 heavy (non-hydrogen) atoms. The fraction of sp³-hybridized carbons (Fsp3) is 0. The molecule has 3 aromatic heterocycles. The van der Waals surface area contributed by atoms with Crippen LogP contribution in [0.25, 0.3) is 104 Å². The van der Waals surface area contributed by atoms with Gasteiger partial charge in [0.05, 0.1) is 40.0 Å². The third kappa shape index (κ3) is 5.40. The molecule has 3 heterocycles. The number of fused-ring (bicyclic) bond motifs is 6. The first-order valence-corrected chi connectivity index (χ1v) is 18.2. The molecule has 0 atom stereocenters. The number of para-hydroxylation sites is 1. The van der Waals surface area contributed by atoms with Crippen LogP contribution in [0.15, 0.2) is 194 Å². The molecule has 0 spiro atoms. The van der Waals surface area contributed by atoms with Crippen LogP contribution in [0.4, 0.5) is 0 Å². The first kappa shape index (κ1) is 19.4. The molecular formula is C51H32N4S. The van der Waals surface area contributed by atoms with E-state index >= 15 is 0 Å². The summed E-state index contributed by atoms with van der Waals surface area (Å²) in [5, 5.41) is 1.41. The third-order valence-corrected chi connectivity index (χ3v) is 10.7. The maximum Gasteiger partial charge on any atom is 0.166 e. The van der Waals surface area contributed by atoms with Crippen molar-refractivity contribution in [3.05, 3.63) is 194 Å². The lowest BCUT2D eigenvalue weighted by molar-refractivity contribution is 1.06. The van der Waals surface area contributed by atoms with E-state index in [0.29, 0.717) is 11.1 Å². The zero-order valence-corrected chi connectivity index (χ0v) is 29.7. The van der Waals surface area contributed by atoms with E-state index in [9.17, 15) is 6.85 Å². The van der Waals surface area contributed by atoms with Gasteiger partial charge in [-0.25, -0.2) is 15.0 Å². The zero-order valence-electron chi connectivity index (χ0n) is 45.9. The molecule has 0 aliphatic carbocycles. The lowest BCUT2D eigenvalue weighted by Gasteiger charge is -2.17. The quantitative estimate of drug-likeness (QED) is 0.170. The highest BCUT2D eigenvalue weighted by Crippen LogP contribution is 2.43. The first-order chi connectivity index (χ1) is 34.8. The van der Waals surface area contributed by atoms with Crippen molar-refractivity contribution < 1.29 is 23.3 Å². The van der Waals surface area contributed by atoms with E-state index in [1.165, 1.54) is 4.57 Å². The van der Waals surface area contributed by atoms with Gasteiger partial charge < -0.3 is 4.57 Å². The van der Waals surface area contributed by atoms with Crippen molar-refractivity contribution in [2.45, 2.75) is 0 Å². The summed E-state index contributed by atoms with van der Waals surface area (Å²) in [4.78, 5) is 14.4. The first-order valence-electron chi connectivity index (χ1n) is 25.9. The number of rotatable bonds is 6. The molecule has 4 nitrogen and oxygen atoms in total. The normalized spacial score (nSPS) is 15.8. The molecule has 0 N–H and O–H groups in total. The maximum absolute atomic E-state index is 9.81. The van der Waals surface area contributed by atoms with E-state index in [4.69, 9.17) is 26.4 Å². The molecule has 262 valence electrons. The van der Waals surface area contributed by atoms with Crippen LogP contribution in [0.2, 0.25) is 0 Å². The molecule has 0 aliphatic heterocycles. The number of hydrogen-bond donors (Lipinski definition) is 0. The molecule has 11 aromatic rings. The number of thiophene rings is 1. The van der Waals surface area contributed by atoms with Crippen LogP contribution in [-0.2, 0) is 0 Å². The largest absolute Gasteiger partial charge is 0.308 e. The molecule has 0 saturated carbocycles. The van der Waals surface area contributed by atoms with Crippen molar-refractivity contribution in [3.63, 3.8) is 0 Å². The van der Waals surface area contributed by atoms with Crippen molar-refractivity contribution in [3.8, 4) is 62.1 Å². The Morgan fingerprint density at radius 3 is 1.95 bits per heavy atom. The van der Waals surface area contributed by atoms with E-state index in [1.807, 2.05) is 42.5 Å². The molecule has 0 amide bonds. The van der Waals surface area contributed by atoms with E-state index in [1.54, 1.807) is 59.9 Å². The number of hydrogen-bond acceptors (Lipinski definition) is 4. The van der Waals surface area contributed by atoms with Crippen LogP contribution in [0, 0.1) is 0 Å². The van der Waals surface area contributed by atoms with Crippen molar-refractivity contribution in [2.24, 2.45) is 0 Å². The summed E-state index contributed by atoms with van der Waals surface area (Å²) < 4.78 is 155. The van der Waals surface area contributed by atoms with Crippen LogP contribution in [-0.4, -0.2) is 19.5 Å². The van der Waals surface area contributed by atoms with Gasteiger partial charge in [0, 0.05) is 47.6 Å². The average Bonchev–Trinajstić information content (AvgIpc) is 3.98. The summed E-state index contributed by atoms with van der Waals surface area (Å²) in [6, 6.07) is 16.0. The van der Waals surface area contributed by atoms with E-state index in [-0.39, 0.29) is 56.1 Å². The van der Waals surface area contributed by atoms with Crippen LogP contribution in [0.5, 0.6) is 0 Å². The molecule has 0 unspecified atom stereocenters. The van der Waals surface area contributed by atoms with Gasteiger partial charge >= 0.3 is 0 Å². The van der Waals surface area contributed by atoms with Gasteiger partial charge in [-0.2, -0.15) is 0 Å². The highest BCUT2D eigenvalue weighted by Gasteiger charge is 2.21. The summed E-state index contributed by atoms with van der Waals surface area (Å²) in [7, 11) is 0. The number of benzene rings is 8. The van der Waals surface area contributed by atoms with Crippen LogP contribution in [0.1, 0.15) is 23.3 Å². The van der Waals surface area contributed by atoms with Gasteiger partial charge in [-0.05, 0) is 58.6 Å². The highest BCUT2D eigenvalue weighted by molar-refractivity contribution is 7.26. The Morgan fingerprint density at radius 2 is 1.11 bits per heavy atom. The van der Waals surface area contributed by atoms with E-state index in [0.717, 1.165) is 25.7 Å². The Morgan fingerprint density at radius 1 is 0.429 bits per heavy atom. The Balaban J connectivity index is 1.33. The van der Waals surface area contributed by atoms with Gasteiger partial charge in [-0.15, -0.1) is 11.3 Å². The van der Waals surface area contributed by atoms with Crippen molar-refractivity contribution in [1.29, 1.82) is 0 Å². The maximum atomic E-state index is 9.81.